The van der Waals surface area contributed by atoms with Crippen molar-refractivity contribution in [1.82, 2.24) is 0 Å². The van der Waals surface area contributed by atoms with Crippen LogP contribution in [0.1, 0.15) is 37.4 Å². The van der Waals surface area contributed by atoms with Crippen LogP contribution in [0, 0.1) is 10.1 Å². The van der Waals surface area contributed by atoms with Crippen LogP contribution in [0.5, 0.6) is 0 Å². The van der Waals surface area contributed by atoms with Crippen LogP contribution < -0.4 is 0 Å². The Bertz CT molecular complexity index is 1520. The van der Waals surface area contributed by atoms with Gasteiger partial charge in [0, 0.05) is 40.0 Å². The van der Waals surface area contributed by atoms with E-state index in [1.807, 2.05) is 66.7 Å². The molecule has 168 valence electrons. The van der Waals surface area contributed by atoms with Gasteiger partial charge in [0.05, 0.1) is 4.92 Å². The lowest BCUT2D eigenvalue weighted by Gasteiger charge is -2.15. The molecule has 0 N–H and O–H groups in total. The third kappa shape index (κ3) is 4.11. The normalized spacial score (nSPS) is 13.5. The topological polar surface area (TPSA) is 77.3 Å². The van der Waals surface area contributed by atoms with E-state index in [0.29, 0.717) is 33.4 Å². The maximum Gasteiger partial charge on any atom is 0.269 e. The average molecular weight is 457 g/mol. The first-order valence-corrected chi connectivity index (χ1v) is 11.0. The molecule has 4 aromatic rings. The zero-order valence-corrected chi connectivity index (χ0v) is 18.5. The third-order valence-corrected chi connectivity index (χ3v) is 5.96. The number of hydrogen-bond donors (Lipinski definition) is 0. The molecule has 0 heterocycles. The monoisotopic (exact) mass is 457 g/mol. The van der Waals surface area contributed by atoms with Crippen LogP contribution in [-0.4, -0.2) is 16.5 Å². The molecule has 0 saturated heterocycles. The minimum Gasteiger partial charge on any atom is -0.289 e. The molecule has 0 atom stereocenters. The summed E-state index contributed by atoms with van der Waals surface area (Å²) >= 11 is 0. The number of nitrogens with zero attached hydrogens (tertiary/aromatic N) is 1. The number of carbonyl (C=O) groups excluding carboxylic acids is 2. The maximum absolute atomic E-state index is 14.0. The predicted octanol–water partition coefficient (Wildman–Crippen LogP) is 6.67. The van der Waals surface area contributed by atoms with Crippen molar-refractivity contribution < 1.29 is 14.5 Å². The lowest BCUT2D eigenvalue weighted by molar-refractivity contribution is -0.384. The fourth-order valence-corrected chi connectivity index (χ4v) is 4.29. The Kier molecular flexibility index (Phi) is 5.73. The number of benzene rings is 4. The summed E-state index contributed by atoms with van der Waals surface area (Å²) in [6, 6.07) is 31.3. The van der Waals surface area contributed by atoms with Crippen molar-refractivity contribution in [2.24, 2.45) is 0 Å². The fraction of sp³-hybridized carbons (Fsp3) is 0. The summed E-state index contributed by atoms with van der Waals surface area (Å²) in [6.07, 6.45) is 1.83. The van der Waals surface area contributed by atoms with Crippen molar-refractivity contribution in [3.05, 3.63) is 153 Å². The van der Waals surface area contributed by atoms with Crippen molar-refractivity contribution in [2.45, 2.75) is 0 Å². The highest BCUT2D eigenvalue weighted by atomic mass is 16.6. The molecule has 0 aliphatic heterocycles. The summed E-state index contributed by atoms with van der Waals surface area (Å²) < 4.78 is 0. The molecular weight excluding hydrogens is 438 g/mol. The molecule has 4 aromatic carbocycles. The second-order valence-corrected chi connectivity index (χ2v) is 8.09. The molecule has 0 amide bonds. The molecule has 5 rings (SSSR count). The van der Waals surface area contributed by atoms with Crippen LogP contribution in [0.2, 0.25) is 0 Å². The lowest BCUT2D eigenvalue weighted by Crippen LogP contribution is -2.10. The molecule has 0 spiro atoms. The molecule has 0 unspecified atom stereocenters. The molecule has 0 aromatic heterocycles. The third-order valence-electron chi connectivity index (χ3n) is 5.96. The first kappa shape index (κ1) is 21.9. The standard InChI is InChI=1S/C30H19NO4/c32-29(21-11-5-2-6-12-21)26-19-23-13-7-8-14-25(23)28(26)27(20-9-3-1-4-10-20)30(33)22-15-17-24(18-16-22)31(34)35/h1-19H/b28-27+. The van der Waals surface area contributed by atoms with Gasteiger partial charge in [0.1, 0.15) is 0 Å². The van der Waals surface area contributed by atoms with Gasteiger partial charge in [-0.2, -0.15) is 0 Å². The van der Waals surface area contributed by atoms with Gasteiger partial charge in [-0.15, -0.1) is 0 Å². The highest BCUT2D eigenvalue weighted by Gasteiger charge is 2.31. The predicted molar refractivity (Wildman–Crippen MR) is 136 cm³/mol. The van der Waals surface area contributed by atoms with Crippen LogP contribution in [-0.2, 0) is 0 Å². The highest BCUT2D eigenvalue weighted by Crippen LogP contribution is 2.43. The lowest BCUT2D eigenvalue weighted by atomic mass is 9.85. The Morgan fingerprint density at radius 1 is 0.629 bits per heavy atom. The van der Waals surface area contributed by atoms with E-state index in [2.05, 4.69) is 0 Å². The Morgan fingerprint density at radius 2 is 1.20 bits per heavy atom. The second-order valence-electron chi connectivity index (χ2n) is 8.09. The Labute approximate surface area is 201 Å². The van der Waals surface area contributed by atoms with Gasteiger partial charge in [-0.05, 0) is 34.9 Å². The number of rotatable bonds is 6. The van der Waals surface area contributed by atoms with Gasteiger partial charge in [-0.25, -0.2) is 0 Å². The van der Waals surface area contributed by atoms with Crippen LogP contribution in [0.3, 0.4) is 0 Å². The molecule has 0 fully saturated rings. The maximum atomic E-state index is 14.0. The van der Waals surface area contributed by atoms with Gasteiger partial charge >= 0.3 is 0 Å². The largest absolute Gasteiger partial charge is 0.289 e. The number of non-ortho nitro benzene ring substituents is 1. The Hall–Kier alpha value is -4.90. The number of Topliss-reactive ketones (excluding diaryl/α,β-unsaturated/α-hetero) is 2. The SMILES string of the molecule is O=C(C1=Cc2ccccc2/C1=C(\C(=O)c1ccc([N+](=O)[O-])cc1)c1ccccc1)c1ccccc1. The van der Waals surface area contributed by atoms with Gasteiger partial charge < -0.3 is 0 Å². The van der Waals surface area contributed by atoms with Crippen molar-refractivity contribution >= 4 is 34.5 Å². The Morgan fingerprint density at radius 3 is 1.83 bits per heavy atom. The number of fused-ring (bicyclic) bond motifs is 1. The van der Waals surface area contributed by atoms with Gasteiger partial charge in [-0.3, -0.25) is 19.7 Å². The van der Waals surface area contributed by atoms with Crippen LogP contribution in [0.25, 0.3) is 17.2 Å². The molecule has 5 nitrogen and oxygen atoms in total. The smallest absolute Gasteiger partial charge is 0.269 e. The van der Waals surface area contributed by atoms with Crippen LogP contribution in [0.15, 0.2) is 115 Å². The number of hydrogen-bond acceptors (Lipinski definition) is 4. The second kappa shape index (κ2) is 9.15. The first-order valence-electron chi connectivity index (χ1n) is 11.0. The zero-order chi connectivity index (χ0) is 24.4. The highest BCUT2D eigenvalue weighted by molar-refractivity contribution is 6.41. The summed E-state index contributed by atoms with van der Waals surface area (Å²) in [5.74, 6) is -0.494. The van der Waals surface area contributed by atoms with E-state index in [0.717, 1.165) is 11.1 Å². The molecule has 0 saturated carbocycles. The van der Waals surface area contributed by atoms with E-state index in [1.54, 1.807) is 24.3 Å². The van der Waals surface area contributed by atoms with Gasteiger partial charge in [0.2, 0.25) is 0 Å². The fourth-order valence-electron chi connectivity index (χ4n) is 4.29. The average Bonchev–Trinajstić information content (AvgIpc) is 3.29. The number of allylic oxidation sites excluding steroid dienone is 3. The van der Waals surface area contributed by atoms with E-state index in [1.165, 1.54) is 24.3 Å². The first-order chi connectivity index (χ1) is 17.0. The van der Waals surface area contributed by atoms with E-state index >= 15 is 0 Å². The van der Waals surface area contributed by atoms with Crippen molar-refractivity contribution in [1.29, 1.82) is 0 Å². The molecule has 1 aliphatic rings. The zero-order valence-electron chi connectivity index (χ0n) is 18.5. The van der Waals surface area contributed by atoms with Crippen LogP contribution in [0.4, 0.5) is 5.69 Å². The molecular formula is C30H19NO4. The van der Waals surface area contributed by atoms with Crippen molar-refractivity contribution in [3.63, 3.8) is 0 Å². The van der Waals surface area contributed by atoms with Crippen molar-refractivity contribution in [3.8, 4) is 0 Å². The number of nitro groups is 1. The van der Waals surface area contributed by atoms with E-state index in [-0.39, 0.29) is 17.3 Å². The molecule has 1 aliphatic carbocycles. The van der Waals surface area contributed by atoms with Gasteiger partial charge in [-0.1, -0.05) is 84.9 Å². The van der Waals surface area contributed by atoms with E-state index in [4.69, 9.17) is 0 Å². The molecule has 5 heteroatoms. The summed E-state index contributed by atoms with van der Waals surface area (Å²) in [4.78, 5) is 38.2. The molecule has 35 heavy (non-hydrogen) atoms. The van der Waals surface area contributed by atoms with Crippen molar-refractivity contribution in [2.75, 3.05) is 0 Å². The number of ketones is 2. The number of nitro benzene ring substituents is 1. The van der Waals surface area contributed by atoms with E-state index in [9.17, 15) is 19.7 Å². The Balaban J connectivity index is 1.75. The minimum absolute atomic E-state index is 0.0958. The molecule has 0 radical (unpaired) electrons. The van der Waals surface area contributed by atoms with Gasteiger partial charge in [0.25, 0.3) is 5.69 Å². The minimum atomic E-state index is -0.503. The summed E-state index contributed by atoms with van der Waals surface area (Å²) in [6.45, 7) is 0. The summed E-state index contributed by atoms with van der Waals surface area (Å²) in [5.41, 5.74) is 4.41. The quantitative estimate of drug-likeness (QED) is 0.140. The van der Waals surface area contributed by atoms with Gasteiger partial charge in [0.15, 0.2) is 11.6 Å². The number of carbonyl (C=O) groups is 2. The van der Waals surface area contributed by atoms with Crippen LogP contribution >= 0.6 is 0 Å². The summed E-state index contributed by atoms with van der Waals surface area (Å²) in [7, 11) is 0. The molecule has 0 bridgehead atoms. The summed E-state index contributed by atoms with van der Waals surface area (Å²) in [5, 5.41) is 11.1. The van der Waals surface area contributed by atoms with E-state index < -0.39 is 4.92 Å².